The SMILES string of the molecule is CCCC(CCCl)CNC(=O)c1c(F)cccc1Br. The van der Waals surface area contributed by atoms with Gasteiger partial charge in [0.05, 0.1) is 5.56 Å². The molecule has 0 saturated carbocycles. The lowest BCUT2D eigenvalue weighted by Crippen LogP contribution is -2.30. The number of carbonyl (C=O) groups is 1. The Morgan fingerprint density at radius 1 is 1.47 bits per heavy atom. The van der Waals surface area contributed by atoms with Crippen LogP contribution in [0.5, 0.6) is 0 Å². The number of halogens is 3. The van der Waals surface area contributed by atoms with E-state index < -0.39 is 5.82 Å². The third kappa shape index (κ3) is 5.11. The Hall–Kier alpha value is -0.610. The summed E-state index contributed by atoms with van der Waals surface area (Å²) in [5, 5.41) is 2.78. The van der Waals surface area contributed by atoms with Gasteiger partial charge in [-0.15, -0.1) is 11.6 Å². The third-order valence-electron chi connectivity index (χ3n) is 2.96. The molecule has 0 aromatic heterocycles. The normalized spacial score (nSPS) is 12.2. The van der Waals surface area contributed by atoms with Gasteiger partial charge in [0.25, 0.3) is 5.91 Å². The van der Waals surface area contributed by atoms with E-state index in [1.807, 2.05) is 0 Å². The molecule has 1 amide bonds. The molecule has 0 heterocycles. The van der Waals surface area contributed by atoms with Gasteiger partial charge < -0.3 is 5.32 Å². The molecule has 1 unspecified atom stereocenters. The topological polar surface area (TPSA) is 29.1 Å². The van der Waals surface area contributed by atoms with Crippen LogP contribution in [0.1, 0.15) is 36.5 Å². The molecule has 0 radical (unpaired) electrons. The van der Waals surface area contributed by atoms with E-state index in [0.717, 1.165) is 19.3 Å². The zero-order valence-electron chi connectivity index (χ0n) is 10.9. The Labute approximate surface area is 126 Å². The summed E-state index contributed by atoms with van der Waals surface area (Å²) in [7, 11) is 0. The summed E-state index contributed by atoms with van der Waals surface area (Å²) in [6, 6.07) is 4.49. The second kappa shape index (κ2) is 8.54. The molecule has 1 rings (SSSR count). The van der Waals surface area contributed by atoms with Crippen molar-refractivity contribution < 1.29 is 9.18 Å². The fraction of sp³-hybridized carbons (Fsp3) is 0.500. The number of amides is 1. The molecule has 19 heavy (non-hydrogen) atoms. The lowest BCUT2D eigenvalue weighted by Gasteiger charge is -2.16. The Morgan fingerprint density at radius 2 is 2.21 bits per heavy atom. The zero-order chi connectivity index (χ0) is 14.3. The quantitative estimate of drug-likeness (QED) is 0.727. The van der Waals surface area contributed by atoms with Gasteiger partial charge in [0.2, 0.25) is 0 Å². The highest BCUT2D eigenvalue weighted by Gasteiger charge is 2.16. The summed E-state index contributed by atoms with van der Waals surface area (Å²) in [6.45, 7) is 2.62. The standard InChI is InChI=1S/C14H18BrClFNO/c1-2-4-10(7-8-16)9-18-14(19)13-11(15)5-3-6-12(13)17/h3,5-6,10H,2,4,7-9H2,1H3,(H,18,19). The van der Waals surface area contributed by atoms with Gasteiger partial charge in [-0.25, -0.2) is 4.39 Å². The van der Waals surface area contributed by atoms with E-state index in [-0.39, 0.29) is 11.5 Å². The van der Waals surface area contributed by atoms with Crippen molar-refractivity contribution in [3.63, 3.8) is 0 Å². The molecule has 1 aromatic rings. The summed E-state index contributed by atoms with van der Waals surface area (Å²) in [6.07, 6.45) is 2.90. The molecule has 0 saturated heterocycles. The molecule has 5 heteroatoms. The first-order valence-corrected chi connectivity index (χ1v) is 7.71. The molecule has 0 spiro atoms. The predicted molar refractivity (Wildman–Crippen MR) is 80.2 cm³/mol. The molecule has 1 N–H and O–H groups in total. The highest BCUT2D eigenvalue weighted by atomic mass is 79.9. The molecule has 0 aliphatic rings. The summed E-state index contributed by atoms with van der Waals surface area (Å²) < 4.78 is 14.1. The molecule has 1 aromatic carbocycles. The first kappa shape index (κ1) is 16.4. The summed E-state index contributed by atoms with van der Waals surface area (Å²) in [4.78, 5) is 12.0. The first-order valence-electron chi connectivity index (χ1n) is 6.38. The largest absolute Gasteiger partial charge is 0.352 e. The molecule has 0 bridgehead atoms. The molecular weight excluding hydrogens is 333 g/mol. The minimum Gasteiger partial charge on any atom is -0.352 e. The van der Waals surface area contributed by atoms with Crippen LogP contribution >= 0.6 is 27.5 Å². The average Bonchev–Trinajstić information content (AvgIpc) is 2.36. The van der Waals surface area contributed by atoms with E-state index in [1.165, 1.54) is 6.07 Å². The number of nitrogens with one attached hydrogen (secondary N) is 1. The lowest BCUT2D eigenvalue weighted by atomic mass is 10.0. The highest BCUT2D eigenvalue weighted by Crippen LogP contribution is 2.19. The Kier molecular flexibility index (Phi) is 7.39. The van der Waals surface area contributed by atoms with Gasteiger partial charge in [0.1, 0.15) is 5.82 Å². The Bertz CT molecular complexity index is 402. The minimum absolute atomic E-state index is 0.0589. The molecule has 2 nitrogen and oxygen atoms in total. The van der Waals surface area contributed by atoms with E-state index in [9.17, 15) is 9.18 Å². The fourth-order valence-corrected chi connectivity index (χ4v) is 2.78. The minimum atomic E-state index is -0.517. The van der Waals surface area contributed by atoms with Crippen LogP contribution < -0.4 is 5.32 Å². The van der Waals surface area contributed by atoms with E-state index in [0.29, 0.717) is 22.8 Å². The number of rotatable bonds is 7. The van der Waals surface area contributed by atoms with Crippen LogP contribution in [0.25, 0.3) is 0 Å². The van der Waals surface area contributed by atoms with Crippen molar-refractivity contribution in [3.05, 3.63) is 34.1 Å². The van der Waals surface area contributed by atoms with Crippen molar-refractivity contribution in [1.82, 2.24) is 5.32 Å². The van der Waals surface area contributed by atoms with Crippen LogP contribution in [0.2, 0.25) is 0 Å². The Morgan fingerprint density at radius 3 is 2.79 bits per heavy atom. The lowest BCUT2D eigenvalue weighted by molar-refractivity contribution is 0.0941. The number of alkyl halides is 1. The maximum Gasteiger partial charge on any atom is 0.255 e. The van der Waals surface area contributed by atoms with Crippen molar-refractivity contribution in [2.24, 2.45) is 5.92 Å². The van der Waals surface area contributed by atoms with Crippen LogP contribution in [0, 0.1) is 11.7 Å². The smallest absolute Gasteiger partial charge is 0.255 e. The van der Waals surface area contributed by atoms with Crippen LogP contribution in [0.4, 0.5) is 4.39 Å². The van der Waals surface area contributed by atoms with Crippen molar-refractivity contribution in [3.8, 4) is 0 Å². The monoisotopic (exact) mass is 349 g/mol. The first-order chi connectivity index (χ1) is 9.10. The number of hydrogen-bond donors (Lipinski definition) is 1. The Balaban J connectivity index is 2.64. The summed E-state index contributed by atoms with van der Waals surface area (Å²) in [5.74, 6) is 0.0121. The van der Waals surface area contributed by atoms with E-state index >= 15 is 0 Å². The highest BCUT2D eigenvalue weighted by molar-refractivity contribution is 9.10. The molecule has 0 aliphatic heterocycles. The van der Waals surface area contributed by atoms with Gasteiger partial charge in [-0.3, -0.25) is 4.79 Å². The summed E-state index contributed by atoms with van der Waals surface area (Å²) in [5.41, 5.74) is 0.0589. The van der Waals surface area contributed by atoms with Gasteiger partial charge in [0.15, 0.2) is 0 Å². The molecule has 0 fully saturated rings. The van der Waals surface area contributed by atoms with E-state index in [1.54, 1.807) is 12.1 Å². The maximum absolute atomic E-state index is 13.6. The van der Waals surface area contributed by atoms with Crippen molar-refractivity contribution in [1.29, 1.82) is 0 Å². The molecular formula is C14H18BrClFNO. The van der Waals surface area contributed by atoms with Gasteiger partial charge in [-0.2, -0.15) is 0 Å². The van der Waals surface area contributed by atoms with E-state index in [2.05, 4.69) is 28.2 Å². The average molecular weight is 351 g/mol. The van der Waals surface area contributed by atoms with Gasteiger partial charge in [-0.05, 0) is 46.8 Å². The summed E-state index contributed by atoms with van der Waals surface area (Å²) >= 11 is 8.93. The van der Waals surface area contributed by atoms with Crippen LogP contribution in [0.15, 0.2) is 22.7 Å². The van der Waals surface area contributed by atoms with Crippen LogP contribution in [-0.2, 0) is 0 Å². The molecule has 0 aliphatic carbocycles. The number of carbonyl (C=O) groups excluding carboxylic acids is 1. The maximum atomic E-state index is 13.6. The van der Waals surface area contributed by atoms with Crippen LogP contribution in [-0.4, -0.2) is 18.3 Å². The van der Waals surface area contributed by atoms with Crippen molar-refractivity contribution in [2.45, 2.75) is 26.2 Å². The van der Waals surface area contributed by atoms with Crippen molar-refractivity contribution in [2.75, 3.05) is 12.4 Å². The molecule has 1 atom stereocenters. The van der Waals surface area contributed by atoms with E-state index in [4.69, 9.17) is 11.6 Å². The molecule has 106 valence electrons. The second-order valence-corrected chi connectivity index (χ2v) is 5.67. The van der Waals surface area contributed by atoms with Gasteiger partial charge >= 0.3 is 0 Å². The van der Waals surface area contributed by atoms with Crippen LogP contribution in [0.3, 0.4) is 0 Å². The fourth-order valence-electron chi connectivity index (χ4n) is 1.95. The third-order valence-corrected chi connectivity index (χ3v) is 3.83. The van der Waals surface area contributed by atoms with Gasteiger partial charge in [-0.1, -0.05) is 19.4 Å². The second-order valence-electron chi connectivity index (χ2n) is 4.44. The van der Waals surface area contributed by atoms with Crippen molar-refractivity contribution >= 4 is 33.4 Å². The number of benzene rings is 1. The van der Waals surface area contributed by atoms with Gasteiger partial charge in [0, 0.05) is 16.9 Å². The zero-order valence-corrected chi connectivity index (χ0v) is 13.2. The number of hydrogen-bond acceptors (Lipinski definition) is 1. The predicted octanol–water partition coefficient (Wildman–Crippen LogP) is 4.36.